The molecule has 0 aliphatic heterocycles. The summed E-state index contributed by atoms with van der Waals surface area (Å²) in [5, 5.41) is 2.94. The fraction of sp³-hybridized carbons (Fsp3) is 0.417. The van der Waals surface area contributed by atoms with Crippen LogP contribution in [-0.4, -0.2) is 24.0 Å². The maximum absolute atomic E-state index is 13.6. The molecule has 0 saturated heterocycles. The molecule has 1 aromatic rings. The van der Waals surface area contributed by atoms with Crippen molar-refractivity contribution in [1.82, 2.24) is 0 Å². The van der Waals surface area contributed by atoms with Crippen molar-refractivity contribution in [3.63, 3.8) is 0 Å². The molecule has 1 amide bonds. The number of benzene rings is 1. The molecule has 1 rings (SSSR count). The van der Waals surface area contributed by atoms with Gasteiger partial charge in [-0.05, 0) is 30.1 Å². The van der Waals surface area contributed by atoms with Gasteiger partial charge in [-0.2, -0.15) is 11.8 Å². The second kappa shape index (κ2) is 7.10. The maximum atomic E-state index is 13.6. The standard InChI is InChI=1S/C12H18FN3OS/c1-2-18-5-3-4-16-11-6-8(12(15)17)10(14)7-9(11)13/h6-7,16H,2-5,14H2,1H3,(H2,15,17). The molecule has 5 N–H and O–H groups in total. The first-order valence-corrected chi connectivity index (χ1v) is 6.92. The Morgan fingerprint density at radius 1 is 1.50 bits per heavy atom. The first kappa shape index (κ1) is 14.6. The molecular formula is C12H18FN3OS. The number of hydrogen-bond acceptors (Lipinski definition) is 4. The normalized spacial score (nSPS) is 10.3. The van der Waals surface area contributed by atoms with Gasteiger partial charge in [-0.25, -0.2) is 4.39 Å². The Morgan fingerprint density at radius 2 is 2.22 bits per heavy atom. The highest BCUT2D eigenvalue weighted by Crippen LogP contribution is 2.21. The molecule has 0 aliphatic carbocycles. The Kier molecular flexibility index (Phi) is 5.77. The molecule has 0 atom stereocenters. The van der Waals surface area contributed by atoms with E-state index in [1.165, 1.54) is 6.07 Å². The summed E-state index contributed by atoms with van der Waals surface area (Å²) < 4.78 is 13.6. The summed E-state index contributed by atoms with van der Waals surface area (Å²) in [7, 11) is 0. The van der Waals surface area contributed by atoms with Crippen LogP contribution in [0.3, 0.4) is 0 Å². The van der Waals surface area contributed by atoms with Crippen molar-refractivity contribution in [3.05, 3.63) is 23.5 Å². The average molecular weight is 271 g/mol. The minimum absolute atomic E-state index is 0.0621. The van der Waals surface area contributed by atoms with Crippen molar-refractivity contribution in [1.29, 1.82) is 0 Å². The highest BCUT2D eigenvalue weighted by atomic mass is 32.2. The zero-order chi connectivity index (χ0) is 13.5. The minimum atomic E-state index is -0.655. The van der Waals surface area contributed by atoms with Gasteiger partial charge in [-0.1, -0.05) is 6.92 Å². The third-order valence-corrected chi connectivity index (χ3v) is 3.38. The van der Waals surface area contributed by atoms with Crippen LogP contribution in [0.4, 0.5) is 15.8 Å². The van der Waals surface area contributed by atoms with Crippen LogP contribution in [0.25, 0.3) is 0 Å². The molecule has 0 unspecified atom stereocenters. The molecule has 0 aromatic heterocycles. The molecule has 0 saturated carbocycles. The van der Waals surface area contributed by atoms with E-state index in [0.29, 0.717) is 6.54 Å². The molecule has 100 valence electrons. The highest BCUT2D eigenvalue weighted by Gasteiger charge is 2.11. The number of nitrogens with two attached hydrogens (primary N) is 2. The molecule has 18 heavy (non-hydrogen) atoms. The van der Waals surface area contributed by atoms with Crippen LogP contribution < -0.4 is 16.8 Å². The van der Waals surface area contributed by atoms with Crippen LogP contribution in [0.1, 0.15) is 23.7 Å². The highest BCUT2D eigenvalue weighted by molar-refractivity contribution is 7.99. The van der Waals surface area contributed by atoms with E-state index in [0.717, 1.165) is 24.0 Å². The number of rotatable bonds is 7. The number of carbonyl (C=O) groups excluding carboxylic acids is 1. The Balaban J connectivity index is 2.65. The lowest BCUT2D eigenvalue weighted by Crippen LogP contribution is -2.15. The Morgan fingerprint density at radius 3 is 2.83 bits per heavy atom. The van der Waals surface area contributed by atoms with Crippen LogP contribution in [0.15, 0.2) is 12.1 Å². The summed E-state index contributed by atoms with van der Waals surface area (Å²) in [4.78, 5) is 11.1. The molecule has 6 heteroatoms. The predicted molar refractivity (Wildman–Crippen MR) is 75.4 cm³/mol. The number of nitrogens with one attached hydrogen (secondary N) is 1. The van der Waals surface area contributed by atoms with E-state index in [-0.39, 0.29) is 16.9 Å². The quantitative estimate of drug-likeness (QED) is 0.524. The Labute approximate surface area is 110 Å². The number of primary amides is 1. The predicted octanol–water partition coefficient (Wildman–Crippen LogP) is 2.06. The first-order chi connectivity index (χ1) is 8.56. The van der Waals surface area contributed by atoms with Gasteiger partial charge in [-0.3, -0.25) is 4.79 Å². The lowest BCUT2D eigenvalue weighted by Gasteiger charge is -2.10. The smallest absolute Gasteiger partial charge is 0.250 e. The molecule has 4 nitrogen and oxygen atoms in total. The molecule has 0 radical (unpaired) electrons. The van der Waals surface area contributed by atoms with Crippen molar-refractivity contribution in [2.24, 2.45) is 5.73 Å². The molecule has 0 fully saturated rings. The van der Waals surface area contributed by atoms with Gasteiger partial charge in [-0.15, -0.1) is 0 Å². The number of carbonyl (C=O) groups is 1. The third-order valence-electron chi connectivity index (χ3n) is 2.39. The number of amides is 1. The van der Waals surface area contributed by atoms with E-state index >= 15 is 0 Å². The SMILES string of the molecule is CCSCCCNc1cc(C(N)=O)c(N)cc1F. The molecule has 0 heterocycles. The summed E-state index contributed by atoms with van der Waals surface area (Å²) in [6.45, 7) is 2.74. The van der Waals surface area contributed by atoms with Crippen molar-refractivity contribution in [2.45, 2.75) is 13.3 Å². The molecule has 0 aliphatic rings. The van der Waals surface area contributed by atoms with Gasteiger partial charge in [0.15, 0.2) is 0 Å². The van der Waals surface area contributed by atoms with Gasteiger partial charge in [0.1, 0.15) is 5.82 Å². The van der Waals surface area contributed by atoms with E-state index in [1.807, 2.05) is 11.8 Å². The van der Waals surface area contributed by atoms with E-state index in [2.05, 4.69) is 12.2 Å². The number of thioether (sulfide) groups is 1. The van der Waals surface area contributed by atoms with Gasteiger partial charge in [0.05, 0.1) is 11.3 Å². The number of anilines is 2. The van der Waals surface area contributed by atoms with Crippen LogP contribution in [0, 0.1) is 5.82 Å². The average Bonchev–Trinajstić information content (AvgIpc) is 2.30. The van der Waals surface area contributed by atoms with Gasteiger partial charge in [0.25, 0.3) is 5.91 Å². The van der Waals surface area contributed by atoms with Gasteiger partial charge in [0.2, 0.25) is 0 Å². The zero-order valence-corrected chi connectivity index (χ0v) is 11.1. The summed E-state index contributed by atoms with van der Waals surface area (Å²) in [5.41, 5.74) is 11.1. The maximum Gasteiger partial charge on any atom is 0.250 e. The zero-order valence-electron chi connectivity index (χ0n) is 10.3. The van der Waals surface area contributed by atoms with Gasteiger partial charge in [0, 0.05) is 12.2 Å². The van der Waals surface area contributed by atoms with Crippen LogP contribution in [0.2, 0.25) is 0 Å². The van der Waals surface area contributed by atoms with E-state index in [9.17, 15) is 9.18 Å². The third kappa shape index (κ3) is 4.10. The Bertz CT molecular complexity index is 426. The van der Waals surface area contributed by atoms with Crippen LogP contribution >= 0.6 is 11.8 Å². The monoisotopic (exact) mass is 271 g/mol. The van der Waals surface area contributed by atoms with E-state index < -0.39 is 11.7 Å². The van der Waals surface area contributed by atoms with Crippen molar-refractivity contribution in [3.8, 4) is 0 Å². The second-order valence-corrected chi connectivity index (χ2v) is 5.15. The molecule has 0 spiro atoms. The summed E-state index contributed by atoms with van der Waals surface area (Å²) >= 11 is 1.83. The first-order valence-electron chi connectivity index (χ1n) is 5.76. The molecule has 0 bridgehead atoms. The van der Waals surface area contributed by atoms with E-state index in [4.69, 9.17) is 11.5 Å². The van der Waals surface area contributed by atoms with Crippen LogP contribution in [0.5, 0.6) is 0 Å². The molecule has 1 aromatic carbocycles. The lowest BCUT2D eigenvalue weighted by atomic mass is 10.1. The minimum Gasteiger partial charge on any atom is -0.398 e. The van der Waals surface area contributed by atoms with Crippen molar-refractivity contribution in [2.75, 3.05) is 29.1 Å². The summed E-state index contributed by atoms with van der Waals surface area (Å²) in [5.74, 6) is 0.961. The largest absolute Gasteiger partial charge is 0.398 e. The summed E-state index contributed by atoms with van der Waals surface area (Å²) in [6.07, 6.45) is 0.925. The molecular weight excluding hydrogens is 253 g/mol. The number of nitrogen functional groups attached to an aromatic ring is 1. The van der Waals surface area contributed by atoms with Crippen LogP contribution in [-0.2, 0) is 0 Å². The van der Waals surface area contributed by atoms with Gasteiger partial charge >= 0.3 is 0 Å². The van der Waals surface area contributed by atoms with Crippen molar-refractivity contribution < 1.29 is 9.18 Å². The number of halogens is 1. The second-order valence-electron chi connectivity index (χ2n) is 3.76. The summed E-state index contributed by atoms with van der Waals surface area (Å²) in [6, 6.07) is 2.48. The van der Waals surface area contributed by atoms with Crippen molar-refractivity contribution >= 4 is 29.0 Å². The van der Waals surface area contributed by atoms with E-state index in [1.54, 1.807) is 0 Å². The fourth-order valence-electron chi connectivity index (χ4n) is 1.48. The fourth-order valence-corrected chi connectivity index (χ4v) is 2.12. The Hall–Kier alpha value is -1.43. The van der Waals surface area contributed by atoms with Gasteiger partial charge < -0.3 is 16.8 Å². The lowest BCUT2D eigenvalue weighted by molar-refractivity contribution is 0.100. The number of hydrogen-bond donors (Lipinski definition) is 3. The topological polar surface area (TPSA) is 81.1 Å².